The fourth-order valence-electron chi connectivity index (χ4n) is 1.85. The van der Waals surface area contributed by atoms with Crippen molar-refractivity contribution in [1.29, 1.82) is 0 Å². The number of thiazole rings is 1. The van der Waals surface area contributed by atoms with E-state index in [1.165, 1.54) is 12.8 Å². The van der Waals surface area contributed by atoms with Crippen LogP contribution in [0.15, 0.2) is 33.3 Å². The molecule has 0 spiro atoms. The highest BCUT2D eigenvalue weighted by molar-refractivity contribution is 7.98. The molecule has 3 aromatic heterocycles. The van der Waals surface area contributed by atoms with E-state index in [0.717, 1.165) is 27.4 Å². The van der Waals surface area contributed by atoms with E-state index in [0.29, 0.717) is 6.04 Å². The van der Waals surface area contributed by atoms with Gasteiger partial charge in [-0.2, -0.15) is 0 Å². The van der Waals surface area contributed by atoms with Crippen molar-refractivity contribution in [3.63, 3.8) is 0 Å². The van der Waals surface area contributed by atoms with E-state index in [1.54, 1.807) is 29.4 Å². The monoisotopic (exact) mass is 305 g/mol. The van der Waals surface area contributed by atoms with Crippen LogP contribution < -0.4 is 0 Å². The van der Waals surface area contributed by atoms with Crippen molar-refractivity contribution < 1.29 is 4.42 Å². The van der Waals surface area contributed by atoms with Crippen molar-refractivity contribution in [2.45, 2.75) is 29.8 Å². The molecule has 1 aliphatic rings. The van der Waals surface area contributed by atoms with E-state index in [2.05, 4.69) is 25.9 Å². The Hall–Kier alpha value is -1.67. The minimum absolute atomic E-state index is 0.501. The van der Waals surface area contributed by atoms with Gasteiger partial charge in [0, 0.05) is 11.1 Å². The van der Waals surface area contributed by atoms with Crippen molar-refractivity contribution in [1.82, 2.24) is 25.2 Å². The van der Waals surface area contributed by atoms with Crippen LogP contribution in [0, 0.1) is 0 Å². The Balaban J connectivity index is 1.45. The first-order chi connectivity index (χ1) is 9.90. The summed E-state index contributed by atoms with van der Waals surface area (Å²) in [7, 11) is 0. The highest BCUT2D eigenvalue weighted by atomic mass is 32.2. The van der Waals surface area contributed by atoms with E-state index < -0.39 is 0 Å². The zero-order valence-corrected chi connectivity index (χ0v) is 12.1. The summed E-state index contributed by atoms with van der Waals surface area (Å²) in [5.74, 6) is 1.58. The second-order valence-electron chi connectivity index (χ2n) is 4.55. The molecule has 4 rings (SSSR count). The van der Waals surface area contributed by atoms with Gasteiger partial charge in [0.25, 0.3) is 0 Å². The van der Waals surface area contributed by atoms with Gasteiger partial charge in [-0.3, -0.25) is 0 Å². The molecule has 0 atom stereocenters. The summed E-state index contributed by atoms with van der Waals surface area (Å²) in [5, 5.41) is 15.7. The summed E-state index contributed by atoms with van der Waals surface area (Å²) in [6, 6.07) is 4.29. The van der Waals surface area contributed by atoms with Crippen LogP contribution in [0.5, 0.6) is 0 Å². The number of thioether (sulfide) groups is 1. The molecule has 1 saturated carbocycles. The molecule has 1 aliphatic carbocycles. The topological polar surface area (TPSA) is 69.6 Å². The molecule has 0 radical (unpaired) electrons. The Morgan fingerprint density at radius 1 is 1.45 bits per heavy atom. The Kier molecular flexibility index (Phi) is 3.04. The summed E-state index contributed by atoms with van der Waals surface area (Å²) >= 11 is 3.22. The van der Waals surface area contributed by atoms with Gasteiger partial charge in [0.15, 0.2) is 10.8 Å². The molecule has 0 aromatic carbocycles. The second kappa shape index (κ2) is 5.02. The number of nitrogens with zero attached hydrogens (tertiary/aromatic N) is 5. The van der Waals surface area contributed by atoms with Crippen LogP contribution in [0.3, 0.4) is 0 Å². The molecular weight excluding hydrogens is 294 g/mol. The smallest absolute Gasteiger partial charge is 0.209 e. The van der Waals surface area contributed by atoms with Gasteiger partial charge in [-0.05, 0) is 35.4 Å². The minimum atomic E-state index is 0.501. The zero-order chi connectivity index (χ0) is 13.4. The molecular formula is C12H11N5OS2. The number of rotatable bonds is 5. The van der Waals surface area contributed by atoms with Gasteiger partial charge < -0.3 is 4.42 Å². The number of hydrogen-bond donors (Lipinski definition) is 0. The lowest BCUT2D eigenvalue weighted by atomic mass is 10.5. The van der Waals surface area contributed by atoms with Crippen molar-refractivity contribution >= 4 is 23.1 Å². The van der Waals surface area contributed by atoms with Crippen LogP contribution >= 0.6 is 23.1 Å². The van der Waals surface area contributed by atoms with E-state index in [4.69, 9.17) is 4.42 Å². The normalized spacial score (nSPS) is 14.8. The number of furan rings is 1. The van der Waals surface area contributed by atoms with Crippen LogP contribution in [-0.4, -0.2) is 25.2 Å². The van der Waals surface area contributed by atoms with Crippen LogP contribution in [0.1, 0.15) is 24.6 Å². The van der Waals surface area contributed by atoms with E-state index in [-0.39, 0.29) is 0 Å². The highest BCUT2D eigenvalue weighted by Crippen LogP contribution is 2.37. The summed E-state index contributed by atoms with van der Waals surface area (Å²) in [4.78, 5) is 4.57. The first kappa shape index (κ1) is 12.1. The molecule has 3 heterocycles. The first-order valence-electron chi connectivity index (χ1n) is 6.29. The van der Waals surface area contributed by atoms with Gasteiger partial charge in [-0.25, -0.2) is 9.67 Å². The predicted octanol–water partition coefficient (Wildman–Crippen LogP) is 3.02. The lowest BCUT2D eigenvalue weighted by Gasteiger charge is -2.00. The molecule has 0 saturated heterocycles. The summed E-state index contributed by atoms with van der Waals surface area (Å²) in [6.45, 7) is 0. The number of aromatic nitrogens is 5. The van der Waals surface area contributed by atoms with Gasteiger partial charge in [0.05, 0.1) is 18.0 Å². The van der Waals surface area contributed by atoms with Gasteiger partial charge in [0.1, 0.15) is 0 Å². The lowest BCUT2D eigenvalue weighted by Crippen LogP contribution is -1.98. The molecule has 1 fully saturated rings. The average Bonchev–Trinajstić information content (AvgIpc) is 2.93. The van der Waals surface area contributed by atoms with Gasteiger partial charge in [0.2, 0.25) is 5.16 Å². The first-order valence-corrected chi connectivity index (χ1v) is 8.15. The summed E-state index contributed by atoms with van der Waals surface area (Å²) < 4.78 is 7.27. The maximum Gasteiger partial charge on any atom is 0.209 e. The Labute approximate surface area is 123 Å². The Morgan fingerprint density at radius 2 is 2.40 bits per heavy atom. The number of tetrazole rings is 1. The third-order valence-corrected chi connectivity index (χ3v) is 4.86. The van der Waals surface area contributed by atoms with Crippen LogP contribution in [0.4, 0.5) is 0 Å². The summed E-state index contributed by atoms with van der Waals surface area (Å²) in [5.41, 5.74) is 1.02. The fourth-order valence-corrected chi connectivity index (χ4v) is 3.58. The zero-order valence-electron chi connectivity index (χ0n) is 10.5. The van der Waals surface area contributed by atoms with E-state index in [9.17, 15) is 0 Å². The molecule has 20 heavy (non-hydrogen) atoms. The Bertz CT molecular complexity index is 701. The maximum absolute atomic E-state index is 5.35. The lowest BCUT2D eigenvalue weighted by molar-refractivity contribution is 0.565. The van der Waals surface area contributed by atoms with Crippen molar-refractivity contribution in [3.8, 4) is 10.8 Å². The van der Waals surface area contributed by atoms with Crippen molar-refractivity contribution in [2.24, 2.45) is 0 Å². The molecule has 0 unspecified atom stereocenters. The Morgan fingerprint density at radius 3 is 3.20 bits per heavy atom. The van der Waals surface area contributed by atoms with Gasteiger partial charge in [-0.15, -0.1) is 16.4 Å². The third kappa shape index (κ3) is 2.36. The largest absolute Gasteiger partial charge is 0.462 e. The molecule has 8 heteroatoms. The molecule has 3 aromatic rings. The predicted molar refractivity (Wildman–Crippen MR) is 75.5 cm³/mol. The summed E-state index contributed by atoms with van der Waals surface area (Å²) in [6.07, 6.45) is 4.02. The van der Waals surface area contributed by atoms with E-state index in [1.807, 2.05) is 16.8 Å². The average molecular weight is 305 g/mol. The molecule has 102 valence electrons. The molecule has 0 bridgehead atoms. The van der Waals surface area contributed by atoms with Crippen molar-refractivity contribution in [2.75, 3.05) is 0 Å². The highest BCUT2D eigenvalue weighted by Gasteiger charge is 2.27. The van der Waals surface area contributed by atoms with Crippen LogP contribution in [0.25, 0.3) is 10.8 Å². The molecule has 0 N–H and O–H groups in total. The molecule has 0 aliphatic heterocycles. The quantitative estimate of drug-likeness (QED) is 0.675. The minimum Gasteiger partial charge on any atom is -0.462 e. The van der Waals surface area contributed by atoms with E-state index >= 15 is 0 Å². The van der Waals surface area contributed by atoms with Crippen LogP contribution in [0.2, 0.25) is 0 Å². The molecule has 0 amide bonds. The second-order valence-corrected chi connectivity index (χ2v) is 6.35. The SMILES string of the molecule is c1coc(-c2nc(CSc3nnnn3C3CC3)cs2)c1. The van der Waals surface area contributed by atoms with Crippen molar-refractivity contribution in [3.05, 3.63) is 29.5 Å². The van der Waals surface area contributed by atoms with Crippen LogP contribution in [-0.2, 0) is 5.75 Å². The maximum atomic E-state index is 5.35. The third-order valence-electron chi connectivity index (χ3n) is 2.99. The molecule has 6 nitrogen and oxygen atoms in total. The van der Waals surface area contributed by atoms with Gasteiger partial charge in [-0.1, -0.05) is 11.8 Å². The van der Waals surface area contributed by atoms with Gasteiger partial charge >= 0.3 is 0 Å². The number of hydrogen-bond acceptors (Lipinski definition) is 7. The standard InChI is InChI=1S/C12H11N5OS2/c1-2-10(18-5-1)11-13-8(6-19-11)7-20-12-14-15-16-17(12)9-3-4-9/h1-2,5-6,9H,3-4,7H2. The fraction of sp³-hybridized carbons (Fsp3) is 0.333.